The first-order valence-corrected chi connectivity index (χ1v) is 8.19. The molecule has 0 spiro atoms. The number of para-hydroxylation sites is 1. The zero-order chi connectivity index (χ0) is 16.8. The highest BCUT2D eigenvalue weighted by molar-refractivity contribution is 7.99. The summed E-state index contributed by atoms with van der Waals surface area (Å²) in [6.07, 6.45) is 0. The number of benzene rings is 2. The van der Waals surface area contributed by atoms with Gasteiger partial charge in [0.2, 0.25) is 11.1 Å². The van der Waals surface area contributed by atoms with Crippen molar-refractivity contribution in [2.24, 2.45) is 0 Å². The Morgan fingerprint density at radius 3 is 2.62 bits per heavy atom. The Bertz CT molecular complexity index is 807. The molecule has 0 aliphatic heterocycles. The van der Waals surface area contributed by atoms with Crippen molar-refractivity contribution < 1.29 is 9.18 Å². The lowest BCUT2D eigenvalue weighted by Gasteiger charge is -2.06. The Morgan fingerprint density at radius 1 is 1.12 bits per heavy atom. The fraction of sp³-hybridized carbons (Fsp3) is 0.125. The topological polar surface area (TPSA) is 72.7 Å². The van der Waals surface area contributed by atoms with E-state index < -0.39 is 0 Å². The largest absolute Gasteiger partial charge is 0.351 e. The highest BCUT2D eigenvalue weighted by atomic mass is 32.2. The number of halogens is 1. The average Bonchev–Trinajstić information content (AvgIpc) is 3.09. The number of hydrogen-bond acceptors (Lipinski definition) is 5. The van der Waals surface area contributed by atoms with Crippen molar-refractivity contribution in [2.45, 2.75) is 11.7 Å². The first-order chi connectivity index (χ1) is 11.7. The SMILES string of the molecule is O=C(CSc1nnnn1-c1ccccc1)NCc1ccc(F)cc1. The maximum atomic E-state index is 12.8. The van der Waals surface area contributed by atoms with Crippen LogP contribution < -0.4 is 5.32 Å². The van der Waals surface area contributed by atoms with Crippen LogP contribution in [0.4, 0.5) is 4.39 Å². The van der Waals surface area contributed by atoms with Crippen molar-refractivity contribution >= 4 is 17.7 Å². The molecule has 0 bridgehead atoms. The summed E-state index contributed by atoms with van der Waals surface area (Å²) < 4.78 is 14.4. The number of aromatic nitrogens is 4. The first kappa shape index (κ1) is 16.1. The smallest absolute Gasteiger partial charge is 0.230 e. The minimum absolute atomic E-state index is 0.146. The van der Waals surface area contributed by atoms with Crippen molar-refractivity contribution in [2.75, 3.05) is 5.75 Å². The third-order valence-electron chi connectivity index (χ3n) is 3.18. The van der Waals surface area contributed by atoms with Crippen LogP contribution in [0.25, 0.3) is 5.69 Å². The molecular weight excluding hydrogens is 329 g/mol. The second kappa shape index (κ2) is 7.69. The molecule has 8 heteroatoms. The lowest BCUT2D eigenvalue weighted by atomic mass is 10.2. The van der Waals surface area contributed by atoms with E-state index in [2.05, 4.69) is 20.8 Å². The fourth-order valence-corrected chi connectivity index (χ4v) is 2.70. The van der Waals surface area contributed by atoms with Crippen LogP contribution in [0.3, 0.4) is 0 Å². The molecule has 1 heterocycles. The van der Waals surface area contributed by atoms with Crippen LogP contribution in [0, 0.1) is 5.82 Å². The van der Waals surface area contributed by atoms with Gasteiger partial charge in [0.05, 0.1) is 11.4 Å². The van der Waals surface area contributed by atoms with E-state index in [0.717, 1.165) is 11.3 Å². The van der Waals surface area contributed by atoms with E-state index in [0.29, 0.717) is 11.7 Å². The minimum atomic E-state index is -0.298. The van der Waals surface area contributed by atoms with Crippen LogP contribution in [0.1, 0.15) is 5.56 Å². The highest BCUT2D eigenvalue weighted by Crippen LogP contribution is 2.17. The number of rotatable bonds is 6. The van der Waals surface area contributed by atoms with Gasteiger partial charge in [0.15, 0.2) is 0 Å². The molecule has 1 N–H and O–H groups in total. The zero-order valence-corrected chi connectivity index (χ0v) is 13.4. The average molecular weight is 343 g/mol. The van der Waals surface area contributed by atoms with Gasteiger partial charge in [-0.15, -0.1) is 5.10 Å². The van der Waals surface area contributed by atoms with Crippen molar-refractivity contribution in [3.05, 3.63) is 66.0 Å². The van der Waals surface area contributed by atoms with Crippen molar-refractivity contribution in [3.8, 4) is 5.69 Å². The summed E-state index contributed by atoms with van der Waals surface area (Å²) in [5, 5.41) is 14.8. The molecule has 0 atom stereocenters. The summed E-state index contributed by atoms with van der Waals surface area (Å²) >= 11 is 1.25. The van der Waals surface area contributed by atoms with Gasteiger partial charge in [-0.25, -0.2) is 4.39 Å². The molecule has 3 rings (SSSR count). The molecule has 0 saturated heterocycles. The summed E-state index contributed by atoms with van der Waals surface area (Å²) in [6, 6.07) is 15.5. The zero-order valence-electron chi connectivity index (χ0n) is 12.6. The Morgan fingerprint density at radius 2 is 1.88 bits per heavy atom. The molecule has 0 radical (unpaired) electrons. The van der Waals surface area contributed by atoms with Gasteiger partial charge in [0.25, 0.3) is 0 Å². The molecule has 24 heavy (non-hydrogen) atoms. The molecule has 0 aliphatic rings. The van der Waals surface area contributed by atoms with Crippen LogP contribution in [0.15, 0.2) is 59.8 Å². The van der Waals surface area contributed by atoms with E-state index in [-0.39, 0.29) is 17.5 Å². The molecule has 0 aliphatic carbocycles. The van der Waals surface area contributed by atoms with E-state index >= 15 is 0 Å². The van der Waals surface area contributed by atoms with Gasteiger partial charge in [-0.05, 0) is 40.3 Å². The number of carbonyl (C=O) groups is 1. The van der Waals surface area contributed by atoms with Crippen LogP contribution in [0.5, 0.6) is 0 Å². The van der Waals surface area contributed by atoms with Gasteiger partial charge in [-0.3, -0.25) is 4.79 Å². The summed E-state index contributed by atoms with van der Waals surface area (Å²) in [6.45, 7) is 0.350. The second-order valence-corrected chi connectivity index (χ2v) is 5.84. The predicted molar refractivity (Wildman–Crippen MR) is 88.1 cm³/mol. The van der Waals surface area contributed by atoms with Gasteiger partial charge in [0.1, 0.15) is 5.82 Å². The molecule has 3 aromatic rings. The van der Waals surface area contributed by atoms with Crippen LogP contribution in [-0.2, 0) is 11.3 Å². The van der Waals surface area contributed by atoms with E-state index in [1.165, 1.54) is 23.9 Å². The standard InChI is InChI=1S/C16H14FN5OS/c17-13-8-6-12(7-9-13)10-18-15(23)11-24-16-19-20-21-22(16)14-4-2-1-3-5-14/h1-9H,10-11H2,(H,18,23). The number of nitrogens with one attached hydrogen (secondary N) is 1. The maximum Gasteiger partial charge on any atom is 0.230 e. The molecule has 122 valence electrons. The normalized spacial score (nSPS) is 10.5. The minimum Gasteiger partial charge on any atom is -0.351 e. The second-order valence-electron chi connectivity index (χ2n) is 4.90. The van der Waals surface area contributed by atoms with Crippen LogP contribution in [0.2, 0.25) is 0 Å². The van der Waals surface area contributed by atoms with Gasteiger partial charge in [0, 0.05) is 6.54 Å². The predicted octanol–water partition coefficient (Wildman–Crippen LogP) is 2.21. The molecule has 0 fully saturated rings. The summed E-state index contributed by atoms with van der Waals surface area (Å²) in [4.78, 5) is 11.9. The van der Waals surface area contributed by atoms with Crippen molar-refractivity contribution in [3.63, 3.8) is 0 Å². The molecule has 0 saturated carbocycles. The summed E-state index contributed by atoms with van der Waals surface area (Å²) in [5.41, 5.74) is 1.67. The first-order valence-electron chi connectivity index (χ1n) is 7.20. The Labute approximate surface area is 142 Å². The van der Waals surface area contributed by atoms with Crippen molar-refractivity contribution in [1.29, 1.82) is 0 Å². The third-order valence-corrected chi connectivity index (χ3v) is 4.10. The molecule has 1 amide bonds. The third kappa shape index (κ3) is 4.17. The molecule has 0 unspecified atom stereocenters. The number of hydrogen-bond donors (Lipinski definition) is 1. The van der Waals surface area contributed by atoms with Gasteiger partial charge < -0.3 is 5.32 Å². The monoisotopic (exact) mass is 343 g/mol. The Hall–Kier alpha value is -2.74. The van der Waals surface area contributed by atoms with E-state index in [1.807, 2.05) is 30.3 Å². The van der Waals surface area contributed by atoms with Crippen molar-refractivity contribution in [1.82, 2.24) is 25.5 Å². The Balaban J connectivity index is 1.54. The molecule has 2 aromatic carbocycles. The summed E-state index contributed by atoms with van der Waals surface area (Å²) in [7, 11) is 0. The van der Waals surface area contributed by atoms with E-state index in [4.69, 9.17) is 0 Å². The number of thioether (sulfide) groups is 1. The maximum absolute atomic E-state index is 12.8. The number of nitrogens with zero attached hydrogens (tertiary/aromatic N) is 4. The summed E-state index contributed by atoms with van der Waals surface area (Å²) in [5.74, 6) is -0.255. The van der Waals surface area contributed by atoms with Gasteiger partial charge in [-0.1, -0.05) is 42.1 Å². The number of tetrazole rings is 1. The molecule has 1 aromatic heterocycles. The number of amides is 1. The number of carbonyl (C=O) groups excluding carboxylic acids is 1. The van der Waals surface area contributed by atoms with Gasteiger partial charge in [-0.2, -0.15) is 4.68 Å². The van der Waals surface area contributed by atoms with Gasteiger partial charge >= 0.3 is 0 Å². The highest BCUT2D eigenvalue weighted by Gasteiger charge is 2.11. The van der Waals surface area contributed by atoms with Crippen LogP contribution >= 0.6 is 11.8 Å². The van der Waals surface area contributed by atoms with E-state index in [9.17, 15) is 9.18 Å². The molecular formula is C16H14FN5OS. The lowest BCUT2D eigenvalue weighted by Crippen LogP contribution is -2.24. The van der Waals surface area contributed by atoms with Crippen LogP contribution in [-0.4, -0.2) is 31.9 Å². The fourth-order valence-electron chi connectivity index (χ4n) is 1.98. The van der Waals surface area contributed by atoms with E-state index in [1.54, 1.807) is 16.8 Å². The quantitative estimate of drug-likeness (QED) is 0.695. The lowest BCUT2D eigenvalue weighted by molar-refractivity contribution is -0.118. The Kier molecular flexibility index (Phi) is 5.17. The molecule has 6 nitrogen and oxygen atoms in total.